The number of ether oxygens (including phenoxy) is 1. The predicted molar refractivity (Wildman–Crippen MR) is 52.5 cm³/mol. The van der Waals surface area contributed by atoms with Gasteiger partial charge in [0.1, 0.15) is 0 Å². The average Bonchev–Trinajstić information content (AvgIpc) is 2.65. The van der Waals surface area contributed by atoms with Crippen LogP contribution < -0.4 is 9.96 Å². The van der Waals surface area contributed by atoms with Gasteiger partial charge in [-0.3, -0.25) is 0 Å². The maximum absolute atomic E-state index is 8.85. The third-order valence-electron chi connectivity index (χ3n) is 1.58. The number of aromatic nitrogens is 2. The fourth-order valence-electron chi connectivity index (χ4n) is 0.896. The second-order valence-electron chi connectivity index (χ2n) is 2.62. The van der Waals surface area contributed by atoms with Crippen LogP contribution in [0.1, 0.15) is 12.1 Å². The van der Waals surface area contributed by atoms with Crippen molar-refractivity contribution in [2.45, 2.75) is 6.42 Å². The van der Waals surface area contributed by atoms with E-state index >= 15 is 0 Å². The molecule has 7 nitrogen and oxygen atoms in total. The summed E-state index contributed by atoms with van der Waals surface area (Å²) in [6.07, 6.45) is 0.765. The molecule has 0 aromatic carbocycles. The van der Waals surface area contributed by atoms with Crippen molar-refractivity contribution in [2.24, 2.45) is 4.99 Å². The van der Waals surface area contributed by atoms with Crippen LogP contribution in [0.15, 0.2) is 9.62 Å². The van der Waals surface area contributed by atoms with Crippen LogP contribution in [-0.4, -0.2) is 58.5 Å². The Bertz CT molecular complexity index is 328. The Kier molecular flexibility index (Phi) is 5.31. The number of hydrogen-bond donors (Lipinski definition) is 2. The van der Waals surface area contributed by atoms with E-state index in [1.165, 1.54) is 0 Å². The third kappa shape index (κ3) is 3.62. The Morgan fingerprint density at radius 3 is 3.00 bits per heavy atom. The van der Waals surface area contributed by atoms with Crippen molar-refractivity contribution in [3.8, 4) is 0 Å². The van der Waals surface area contributed by atoms with E-state index in [-0.39, 0.29) is 5.84 Å². The SMILES string of the molecule is COCCCN=C(NO)c1nonc1[As]. The number of aliphatic imine (C=N–C) groups is 1. The molecule has 82 valence electrons. The van der Waals surface area contributed by atoms with E-state index in [1.54, 1.807) is 7.11 Å². The number of nitrogens with one attached hydrogen (secondary N) is 1. The number of amidine groups is 1. The molecule has 2 radical (unpaired) electrons. The molecular weight excluding hydrogens is 263 g/mol. The van der Waals surface area contributed by atoms with Crippen LogP contribution in [0.5, 0.6) is 0 Å². The van der Waals surface area contributed by atoms with Crippen LogP contribution in [0.4, 0.5) is 0 Å². The van der Waals surface area contributed by atoms with Gasteiger partial charge in [0.25, 0.3) is 0 Å². The molecule has 8 heteroatoms. The van der Waals surface area contributed by atoms with Crippen molar-refractivity contribution >= 4 is 27.2 Å². The fraction of sp³-hybridized carbons (Fsp3) is 0.571. The summed E-state index contributed by atoms with van der Waals surface area (Å²) in [6.45, 7) is 1.14. The van der Waals surface area contributed by atoms with E-state index in [2.05, 4.69) is 36.8 Å². The van der Waals surface area contributed by atoms with Gasteiger partial charge in [0, 0.05) is 0 Å². The van der Waals surface area contributed by atoms with Crippen LogP contribution in [0.3, 0.4) is 0 Å². The summed E-state index contributed by atoms with van der Waals surface area (Å²) in [5.74, 6) is 0.239. The number of nitrogens with zero attached hydrogens (tertiary/aromatic N) is 3. The Labute approximate surface area is 95.3 Å². The van der Waals surface area contributed by atoms with Gasteiger partial charge in [0.15, 0.2) is 0 Å². The first-order chi connectivity index (χ1) is 7.29. The average molecular weight is 274 g/mol. The zero-order valence-corrected chi connectivity index (χ0v) is 10.1. The van der Waals surface area contributed by atoms with Gasteiger partial charge in [-0.1, -0.05) is 0 Å². The number of rotatable bonds is 5. The molecule has 0 saturated carbocycles. The molecule has 1 aromatic rings. The first-order valence-corrected chi connectivity index (χ1v) is 5.18. The molecule has 0 fully saturated rings. The molecule has 0 bridgehead atoms. The molecule has 0 aliphatic heterocycles. The van der Waals surface area contributed by atoms with Crippen molar-refractivity contribution < 1.29 is 14.6 Å². The van der Waals surface area contributed by atoms with Gasteiger partial charge in [-0.25, -0.2) is 0 Å². The van der Waals surface area contributed by atoms with E-state index in [4.69, 9.17) is 9.94 Å². The molecule has 0 aliphatic carbocycles. The predicted octanol–water partition coefficient (Wildman–Crippen LogP) is -1.37. The third-order valence-corrected chi connectivity index (χ3v) is 2.19. The normalized spacial score (nSPS) is 11.8. The zero-order chi connectivity index (χ0) is 11.1. The molecule has 0 spiro atoms. The minimum atomic E-state index is 0.239. The number of hydrogen-bond acceptors (Lipinski definition) is 6. The molecule has 0 saturated heterocycles. The van der Waals surface area contributed by atoms with Crippen molar-refractivity contribution in [1.29, 1.82) is 0 Å². The number of hydroxylamine groups is 1. The summed E-state index contributed by atoms with van der Waals surface area (Å²) < 4.78 is 9.86. The fourth-order valence-corrected chi connectivity index (χ4v) is 1.28. The molecule has 0 unspecified atom stereocenters. The van der Waals surface area contributed by atoms with Gasteiger partial charge in [-0.2, -0.15) is 0 Å². The molecule has 0 aliphatic rings. The number of methoxy groups -OCH3 is 1. The molecular formula is C7H11AsN4O3. The second-order valence-corrected chi connectivity index (χ2v) is 3.51. The molecule has 0 amide bonds. The molecule has 15 heavy (non-hydrogen) atoms. The van der Waals surface area contributed by atoms with Gasteiger partial charge in [0.05, 0.1) is 0 Å². The summed E-state index contributed by atoms with van der Waals surface area (Å²) in [4.78, 5) is 4.09. The van der Waals surface area contributed by atoms with Crippen LogP contribution in [0.2, 0.25) is 0 Å². The summed E-state index contributed by atoms with van der Waals surface area (Å²) in [5.41, 5.74) is 2.34. The Balaban J connectivity index is 2.59. The van der Waals surface area contributed by atoms with Crippen LogP contribution >= 0.6 is 0 Å². The minimum absolute atomic E-state index is 0.239. The summed E-state index contributed by atoms with van der Waals surface area (Å²) >= 11 is 2.18. The van der Waals surface area contributed by atoms with Crippen molar-refractivity contribution in [1.82, 2.24) is 15.8 Å². The van der Waals surface area contributed by atoms with Gasteiger partial charge in [-0.15, -0.1) is 0 Å². The molecule has 1 rings (SSSR count). The Morgan fingerprint density at radius 1 is 1.67 bits per heavy atom. The standard InChI is InChI=1S/C7H11AsN4O3/c1-14-4-2-3-9-7(10-13)5-6(8)12-15-11-5/h13H,2-4H2,1H3,(H,9,10). The summed E-state index contributed by atoms with van der Waals surface area (Å²) in [7, 11) is 1.62. The Morgan fingerprint density at radius 2 is 2.47 bits per heavy atom. The van der Waals surface area contributed by atoms with Crippen molar-refractivity contribution in [2.75, 3.05) is 20.3 Å². The summed E-state index contributed by atoms with van der Waals surface area (Å²) in [5, 5.41) is 16.0. The molecule has 0 atom stereocenters. The summed E-state index contributed by atoms with van der Waals surface area (Å²) in [6, 6.07) is 0. The monoisotopic (exact) mass is 274 g/mol. The molecule has 1 aromatic heterocycles. The topological polar surface area (TPSA) is 92.8 Å². The van der Waals surface area contributed by atoms with Crippen LogP contribution in [-0.2, 0) is 4.74 Å². The van der Waals surface area contributed by atoms with Gasteiger partial charge >= 0.3 is 94.9 Å². The van der Waals surface area contributed by atoms with E-state index in [0.717, 1.165) is 6.42 Å². The van der Waals surface area contributed by atoms with E-state index < -0.39 is 0 Å². The Hall–Kier alpha value is -0.912. The van der Waals surface area contributed by atoms with Crippen LogP contribution in [0, 0.1) is 0 Å². The van der Waals surface area contributed by atoms with E-state index in [1.807, 2.05) is 5.48 Å². The van der Waals surface area contributed by atoms with E-state index in [0.29, 0.717) is 23.3 Å². The van der Waals surface area contributed by atoms with Crippen LogP contribution in [0.25, 0.3) is 0 Å². The first-order valence-electron chi connectivity index (χ1n) is 4.25. The van der Waals surface area contributed by atoms with Gasteiger partial charge < -0.3 is 0 Å². The molecule has 1 heterocycles. The van der Waals surface area contributed by atoms with Gasteiger partial charge in [-0.05, 0) is 0 Å². The van der Waals surface area contributed by atoms with E-state index in [9.17, 15) is 0 Å². The van der Waals surface area contributed by atoms with Crippen molar-refractivity contribution in [3.63, 3.8) is 0 Å². The quantitative estimate of drug-likeness (QED) is 0.226. The van der Waals surface area contributed by atoms with Crippen molar-refractivity contribution in [3.05, 3.63) is 5.69 Å². The van der Waals surface area contributed by atoms with Gasteiger partial charge in [0.2, 0.25) is 0 Å². The molecule has 2 N–H and O–H groups in total. The zero-order valence-electron chi connectivity index (χ0n) is 8.17. The first kappa shape index (κ1) is 12.2. The maximum atomic E-state index is 8.85. The second kappa shape index (κ2) is 6.55.